The van der Waals surface area contributed by atoms with Gasteiger partial charge in [-0.3, -0.25) is 20.2 Å². The van der Waals surface area contributed by atoms with Crippen molar-refractivity contribution in [3.05, 3.63) is 42.7 Å². The first-order chi connectivity index (χ1) is 5.45. The maximum absolute atomic E-state index is 9.84. The third-order valence-corrected chi connectivity index (χ3v) is 1.24. The Morgan fingerprint density at radius 2 is 1.25 bits per heavy atom. The number of allylic oxidation sites excluding steroid dienone is 2. The van der Waals surface area contributed by atoms with E-state index in [2.05, 4.69) is 0 Å². The lowest BCUT2D eigenvalue weighted by atomic mass is 10.6. The molecule has 0 aromatic carbocycles. The van der Waals surface area contributed by atoms with Crippen LogP contribution in [0, 0.1) is 20.2 Å². The fourth-order valence-electron chi connectivity index (χ4n) is 0.259. The predicted octanol–water partition coefficient (Wildman–Crippen LogP) is 1.70. The van der Waals surface area contributed by atoms with Gasteiger partial charge in [0, 0.05) is 12.2 Å². The first kappa shape index (κ1) is 10.9. The van der Waals surface area contributed by atoms with Gasteiger partial charge in [-0.2, -0.15) is 0 Å². The molecule has 0 atom stereocenters. The Hall–Kier alpha value is -1.14. The normalized spacial score (nSPS) is 12.8. The predicted molar refractivity (Wildman–Crippen MR) is 41.9 cm³/mol. The van der Waals surface area contributed by atoms with Crippen LogP contribution in [0.5, 0.6) is 0 Å². The Morgan fingerprint density at radius 1 is 1.00 bits per heavy atom. The summed E-state index contributed by atoms with van der Waals surface area (Å²) in [6.45, 7) is 0. The van der Waals surface area contributed by atoms with E-state index in [9.17, 15) is 20.2 Å². The molecule has 8 heteroatoms. The van der Waals surface area contributed by atoms with E-state index < -0.39 is 20.2 Å². The van der Waals surface area contributed by atoms with Crippen LogP contribution < -0.4 is 0 Å². The van der Waals surface area contributed by atoms with Gasteiger partial charge >= 0.3 is 10.3 Å². The summed E-state index contributed by atoms with van der Waals surface area (Å²) in [5.74, 6) is 0. The van der Waals surface area contributed by atoms with Crippen LogP contribution in [-0.4, -0.2) is 9.85 Å². The molecule has 0 fully saturated rings. The minimum Gasteiger partial charge on any atom is -0.257 e. The summed E-state index contributed by atoms with van der Waals surface area (Å²) in [6.07, 6.45) is 1.46. The summed E-state index contributed by atoms with van der Waals surface area (Å²) < 4.78 is 0. The summed E-state index contributed by atoms with van der Waals surface area (Å²) in [5.41, 5.74) is 0. The van der Waals surface area contributed by atoms with E-state index in [4.69, 9.17) is 23.2 Å². The van der Waals surface area contributed by atoms with E-state index in [0.29, 0.717) is 0 Å². The highest BCUT2D eigenvalue weighted by atomic mass is 35.5. The highest BCUT2D eigenvalue weighted by Gasteiger charge is 2.07. The first-order valence-electron chi connectivity index (χ1n) is 2.47. The first-order valence-corrected chi connectivity index (χ1v) is 3.22. The van der Waals surface area contributed by atoms with Crippen molar-refractivity contribution in [2.75, 3.05) is 0 Å². The lowest BCUT2D eigenvalue weighted by Gasteiger charge is -1.83. The van der Waals surface area contributed by atoms with Crippen molar-refractivity contribution >= 4 is 23.2 Å². The number of halogens is 2. The highest BCUT2D eigenvalue weighted by molar-refractivity contribution is 6.29. The van der Waals surface area contributed by atoms with Crippen LogP contribution in [0.25, 0.3) is 0 Å². The van der Waals surface area contributed by atoms with Gasteiger partial charge in [-0.1, -0.05) is 0 Å². The second-order valence-electron chi connectivity index (χ2n) is 1.49. The smallest absolute Gasteiger partial charge is 0.257 e. The Labute approximate surface area is 76.4 Å². The second-order valence-corrected chi connectivity index (χ2v) is 2.27. The molecule has 0 rings (SSSR count). The highest BCUT2D eigenvalue weighted by Crippen LogP contribution is 2.06. The fourth-order valence-corrected chi connectivity index (χ4v) is 0.385. The molecule has 0 aliphatic carbocycles. The van der Waals surface area contributed by atoms with Gasteiger partial charge in [0.1, 0.15) is 0 Å². The zero-order valence-corrected chi connectivity index (χ0v) is 6.95. The van der Waals surface area contributed by atoms with Gasteiger partial charge in [0.2, 0.25) is 0 Å². The Kier molecular flexibility index (Phi) is 4.24. The molecule has 0 aromatic heterocycles. The van der Waals surface area contributed by atoms with Gasteiger partial charge in [-0.05, 0) is 23.2 Å². The molecular formula is C4H2Cl2N2O4. The number of hydrogen-bond donors (Lipinski definition) is 0. The van der Waals surface area contributed by atoms with Crippen molar-refractivity contribution in [1.29, 1.82) is 0 Å². The molecule has 12 heavy (non-hydrogen) atoms. The molecule has 6 nitrogen and oxygen atoms in total. The van der Waals surface area contributed by atoms with Gasteiger partial charge < -0.3 is 0 Å². The maximum Gasteiger partial charge on any atom is 0.337 e. The molecule has 0 aromatic rings. The molecule has 0 radical (unpaired) electrons. The average molecular weight is 213 g/mol. The van der Waals surface area contributed by atoms with Crippen molar-refractivity contribution in [3.8, 4) is 0 Å². The molecule has 0 saturated carbocycles. The SMILES string of the molecule is O=[N+]([O-])C(Cl)=CC=C(Cl)[N+](=O)[O-]. The van der Waals surface area contributed by atoms with Crippen LogP contribution in [-0.2, 0) is 0 Å². The quantitative estimate of drug-likeness (QED) is 0.309. The molecule has 0 N–H and O–H groups in total. The van der Waals surface area contributed by atoms with Crippen LogP contribution in [0.1, 0.15) is 0 Å². The third-order valence-electron chi connectivity index (χ3n) is 0.707. The summed E-state index contributed by atoms with van der Waals surface area (Å²) in [6, 6.07) is 0. The van der Waals surface area contributed by atoms with Crippen molar-refractivity contribution in [2.24, 2.45) is 0 Å². The summed E-state index contributed by atoms with van der Waals surface area (Å²) >= 11 is 10.0. The van der Waals surface area contributed by atoms with Gasteiger partial charge in [0.15, 0.2) is 0 Å². The van der Waals surface area contributed by atoms with E-state index in [1.54, 1.807) is 0 Å². The molecule has 0 heterocycles. The molecule has 0 unspecified atom stereocenters. The lowest BCUT2D eigenvalue weighted by Crippen LogP contribution is -1.92. The Balaban J connectivity index is 4.48. The summed E-state index contributed by atoms with van der Waals surface area (Å²) in [7, 11) is 0. The monoisotopic (exact) mass is 212 g/mol. The van der Waals surface area contributed by atoms with E-state index in [0.717, 1.165) is 12.2 Å². The Bertz CT molecular complexity index is 244. The van der Waals surface area contributed by atoms with Gasteiger partial charge in [0.25, 0.3) is 0 Å². The van der Waals surface area contributed by atoms with E-state index >= 15 is 0 Å². The standard InChI is InChI=1S/C4H2Cl2N2O4/c5-3(7(9)10)1-2-4(6)8(11)12/h1-2H. The van der Waals surface area contributed by atoms with Gasteiger partial charge in [0.05, 0.1) is 9.85 Å². The van der Waals surface area contributed by atoms with Crippen molar-refractivity contribution in [3.63, 3.8) is 0 Å². The van der Waals surface area contributed by atoms with E-state index in [-0.39, 0.29) is 0 Å². The van der Waals surface area contributed by atoms with Crippen LogP contribution >= 0.6 is 23.2 Å². The number of nitrogens with zero attached hydrogens (tertiary/aromatic N) is 2. The average Bonchev–Trinajstić information content (AvgIpc) is 1.98. The zero-order chi connectivity index (χ0) is 9.72. The van der Waals surface area contributed by atoms with E-state index in [1.165, 1.54) is 0 Å². The number of hydrogen-bond acceptors (Lipinski definition) is 4. The summed E-state index contributed by atoms with van der Waals surface area (Å²) in [5, 5.41) is 18.2. The van der Waals surface area contributed by atoms with Crippen LogP contribution in [0.3, 0.4) is 0 Å². The summed E-state index contributed by atoms with van der Waals surface area (Å²) in [4.78, 5) is 17.9. The minimum atomic E-state index is -0.901. The van der Waals surface area contributed by atoms with Crippen molar-refractivity contribution in [2.45, 2.75) is 0 Å². The third kappa shape index (κ3) is 3.89. The molecule has 0 bridgehead atoms. The molecule has 0 aliphatic heterocycles. The topological polar surface area (TPSA) is 86.3 Å². The Morgan fingerprint density at radius 3 is 1.42 bits per heavy atom. The van der Waals surface area contributed by atoms with Crippen LogP contribution in [0.4, 0.5) is 0 Å². The van der Waals surface area contributed by atoms with Gasteiger partial charge in [-0.15, -0.1) is 0 Å². The molecule has 66 valence electrons. The van der Waals surface area contributed by atoms with Crippen LogP contribution in [0.15, 0.2) is 22.5 Å². The zero-order valence-electron chi connectivity index (χ0n) is 5.44. The molecule has 0 aliphatic rings. The van der Waals surface area contributed by atoms with Crippen LogP contribution in [0.2, 0.25) is 0 Å². The molecule has 0 amide bonds. The fraction of sp³-hybridized carbons (Fsp3) is 0. The second kappa shape index (κ2) is 4.68. The lowest BCUT2D eigenvalue weighted by molar-refractivity contribution is -0.414. The molecule has 0 spiro atoms. The minimum absolute atomic E-state index is 0.729. The van der Waals surface area contributed by atoms with Crippen molar-refractivity contribution < 1.29 is 9.85 Å². The molecule has 0 saturated heterocycles. The van der Waals surface area contributed by atoms with E-state index in [1.807, 2.05) is 0 Å². The molecular weight excluding hydrogens is 211 g/mol. The largest absolute Gasteiger partial charge is 0.337 e. The number of nitro groups is 2. The number of rotatable bonds is 3. The van der Waals surface area contributed by atoms with Crippen molar-refractivity contribution in [1.82, 2.24) is 0 Å². The van der Waals surface area contributed by atoms with Gasteiger partial charge in [-0.25, -0.2) is 0 Å². The maximum atomic E-state index is 9.84.